The molecule has 0 amide bonds. The molecule has 0 aliphatic heterocycles. The number of aliphatic carboxylic acids is 1. The fourth-order valence-corrected chi connectivity index (χ4v) is 4.89. The lowest BCUT2D eigenvalue weighted by molar-refractivity contribution is -0.143. The van der Waals surface area contributed by atoms with E-state index in [2.05, 4.69) is 10.3 Å². The zero-order valence-corrected chi connectivity index (χ0v) is 20.1. The second-order valence-electron chi connectivity index (χ2n) is 9.39. The van der Waals surface area contributed by atoms with Crippen molar-refractivity contribution in [3.63, 3.8) is 0 Å². The molecule has 6 nitrogen and oxygen atoms in total. The summed E-state index contributed by atoms with van der Waals surface area (Å²) in [6.07, 6.45) is 4.26. The molecule has 4 rings (SSSR count). The van der Waals surface area contributed by atoms with E-state index < -0.39 is 30.6 Å². The number of rotatable bonds is 9. The van der Waals surface area contributed by atoms with Gasteiger partial charge in [0.2, 0.25) is 0 Å². The Morgan fingerprint density at radius 3 is 2.49 bits per heavy atom. The lowest BCUT2D eigenvalue weighted by Gasteiger charge is -2.23. The Bertz CT molecular complexity index is 1250. The average molecular weight is 520 g/mol. The van der Waals surface area contributed by atoms with Gasteiger partial charge in [0.1, 0.15) is 12.3 Å². The van der Waals surface area contributed by atoms with Crippen molar-refractivity contribution in [3.8, 4) is 0 Å². The van der Waals surface area contributed by atoms with E-state index in [1.54, 1.807) is 29.2 Å². The number of nitrogens with zero attached hydrogens (tertiary/aromatic N) is 2. The van der Waals surface area contributed by atoms with Gasteiger partial charge in [-0.3, -0.25) is 4.79 Å². The van der Waals surface area contributed by atoms with Crippen LogP contribution in [0.3, 0.4) is 0 Å². The second-order valence-corrected chi connectivity index (χ2v) is 9.39. The molecule has 0 radical (unpaired) electrons. The van der Waals surface area contributed by atoms with Crippen LogP contribution < -0.4 is 5.32 Å². The third-order valence-electron chi connectivity index (χ3n) is 6.91. The summed E-state index contributed by atoms with van der Waals surface area (Å²) >= 11 is 0. The van der Waals surface area contributed by atoms with E-state index in [-0.39, 0.29) is 18.4 Å². The predicted octanol–water partition coefficient (Wildman–Crippen LogP) is 5.60. The molecule has 1 aliphatic carbocycles. The van der Waals surface area contributed by atoms with Gasteiger partial charge in [0, 0.05) is 23.3 Å². The molecular weight excluding hydrogens is 490 g/mol. The maximum absolute atomic E-state index is 13.2. The molecule has 0 spiro atoms. The first kappa shape index (κ1) is 26.7. The zero-order valence-electron chi connectivity index (χ0n) is 20.1. The van der Waals surface area contributed by atoms with Gasteiger partial charge in [0.15, 0.2) is 6.23 Å². The van der Waals surface area contributed by atoms with Gasteiger partial charge in [-0.2, -0.15) is 13.2 Å². The number of carbonyl (C=O) groups is 1. The van der Waals surface area contributed by atoms with Crippen molar-refractivity contribution in [1.29, 1.82) is 0 Å². The van der Waals surface area contributed by atoms with Gasteiger partial charge >= 0.3 is 12.1 Å². The number of allylic oxidation sites excluding steroid dienone is 1. The molecule has 1 fully saturated rings. The van der Waals surface area contributed by atoms with Crippen LogP contribution in [0.25, 0.3) is 11.0 Å². The van der Waals surface area contributed by atoms with E-state index in [1.165, 1.54) is 12.1 Å². The molecule has 37 heavy (non-hydrogen) atoms. The molecule has 1 aromatic carbocycles. The molecule has 1 atom stereocenters. The fourth-order valence-electron chi connectivity index (χ4n) is 4.89. The summed E-state index contributed by atoms with van der Waals surface area (Å²) in [5, 5.41) is 23.7. The maximum Gasteiger partial charge on any atom is 0.416 e. The van der Waals surface area contributed by atoms with Crippen LogP contribution in [0.1, 0.15) is 54.2 Å². The van der Waals surface area contributed by atoms with Crippen molar-refractivity contribution < 1.29 is 32.6 Å². The van der Waals surface area contributed by atoms with Crippen LogP contribution in [0.15, 0.2) is 55.0 Å². The van der Waals surface area contributed by atoms with Gasteiger partial charge in [-0.25, -0.2) is 9.37 Å². The predicted molar refractivity (Wildman–Crippen MR) is 130 cm³/mol. The zero-order chi connectivity index (χ0) is 26.6. The lowest BCUT2D eigenvalue weighted by Crippen LogP contribution is -2.21. The highest BCUT2D eigenvalue weighted by atomic mass is 19.4. The Morgan fingerprint density at radius 1 is 1.16 bits per heavy atom. The highest BCUT2D eigenvalue weighted by Crippen LogP contribution is 2.32. The Hall–Kier alpha value is -3.40. The van der Waals surface area contributed by atoms with Gasteiger partial charge in [0.25, 0.3) is 0 Å². The van der Waals surface area contributed by atoms with Crippen LogP contribution in [0, 0.1) is 11.8 Å². The summed E-state index contributed by atoms with van der Waals surface area (Å²) in [6, 6.07) is 6.66. The largest absolute Gasteiger partial charge is 0.481 e. The molecule has 3 aromatic rings. The van der Waals surface area contributed by atoms with Crippen molar-refractivity contribution in [2.24, 2.45) is 11.8 Å². The summed E-state index contributed by atoms with van der Waals surface area (Å²) in [4.78, 5) is 15.5. The number of nitrogens with one attached hydrogen (secondary N) is 1. The minimum atomic E-state index is -4.42. The van der Waals surface area contributed by atoms with Gasteiger partial charge in [-0.1, -0.05) is 18.2 Å². The molecule has 1 aliphatic rings. The Kier molecular flexibility index (Phi) is 8.16. The SMILES string of the molecule is O=C(O)C1CCC(/C=C/NC(O)c2cn(CCF)c3nccc(Cc4ccc(C(F)(F)F)cc4)c23)CC1. The third kappa shape index (κ3) is 6.30. The maximum atomic E-state index is 13.2. The van der Waals surface area contributed by atoms with E-state index in [1.807, 2.05) is 6.08 Å². The molecule has 0 saturated heterocycles. The van der Waals surface area contributed by atoms with Gasteiger partial charge in [-0.15, -0.1) is 0 Å². The summed E-state index contributed by atoms with van der Waals surface area (Å²) in [6.45, 7) is -0.584. The number of pyridine rings is 1. The molecule has 10 heteroatoms. The molecule has 2 heterocycles. The molecular formula is C27H29F4N3O3. The van der Waals surface area contributed by atoms with E-state index in [0.717, 1.165) is 30.5 Å². The van der Waals surface area contributed by atoms with Crippen molar-refractivity contribution in [2.75, 3.05) is 6.67 Å². The summed E-state index contributed by atoms with van der Waals surface area (Å²) < 4.78 is 53.6. The Morgan fingerprint density at radius 2 is 1.86 bits per heavy atom. The number of hydrogen-bond acceptors (Lipinski definition) is 4. The number of hydrogen-bond donors (Lipinski definition) is 3. The molecule has 3 N–H and O–H groups in total. The first-order valence-corrected chi connectivity index (χ1v) is 12.2. The number of aliphatic hydroxyl groups excluding tert-OH is 1. The van der Waals surface area contributed by atoms with E-state index in [4.69, 9.17) is 5.11 Å². The van der Waals surface area contributed by atoms with E-state index >= 15 is 0 Å². The Balaban J connectivity index is 1.55. The van der Waals surface area contributed by atoms with Crippen LogP contribution in [0.5, 0.6) is 0 Å². The molecule has 0 bridgehead atoms. The van der Waals surface area contributed by atoms with Crippen molar-refractivity contribution in [2.45, 2.75) is 51.1 Å². The van der Waals surface area contributed by atoms with Crippen LogP contribution >= 0.6 is 0 Å². The number of aromatic nitrogens is 2. The smallest absolute Gasteiger partial charge is 0.416 e. The van der Waals surface area contributed by atoms with Crippen LogP contribution in [0.4, 0.5) is 17.6 Å². The fraction of sp³-hybridized carbons (Fsp3) is 0.407. The van der Waals surface area contributed by atoms with Crippen molar-refractivity contribution >= 4 is 17.0 Å². The van der Waals surface area contributed by atoms with E-state index in [9.17, 15) is 27.5 Å². The molecule has 1 saturated carbocycles. The number of aryl methyl sites for hydroxylation is 1. The number of carboxylic acids is 1. The number of carboxylic acid groups (broad SMARTS) is 1. The topological polar surface area (TPSA) is 87.4 Å². The highest BCUT2D eigenvalue weighted by molar-refractivity contribution is 5.85. The summed E-state index contributed by atoms with van der Waals surface area (Å²) in [5.41, 5.74) is 1.64. The molecule has 198 valence electrons. The van der Waals surface area contributed by atoms with E-state index in [0.29, 0.717) is 41.4 Å². The molecule has 2 aromatic heterocycles. The number of fused-ring (bicyclic) bond motifs is 1. The minimum absolute atomic E-state index is 0.0443. The first-order chi connectivity index (χ1) is 17.7. The second kappa shape index (κ2) is 11.3. The van der Waals surface area contributed by atoms with Crippen LogP contribution in [0.2, 0.25) is 0 Å². The Labute approximate surface area is 211 Å². The summed E-state index contributed by atoms with van der Waals surface area (Å²) in [5.74, 6) is -0.859. The summed E-state index contributed by atoms with van der Waals surface area (Å²) in [7, 11) is 0. The first-order valence-electron chi connectivity index (χ1n) is 12.2. The third-order valence-corrected chi connectivity index (χ3v) is 6.91. The monoisotopic (exact) mass is 519 g/mol. The number of halogens is 4. The van der Waals surface area contributed by atoms with Gasteiger partial charge in [0.05, 0.1) is 18.0 Å². The lowest BCUT2D eigenvalue weighted by atomic mass is 9.82. The van der Waals surface area contributed by atoms with Crippen LogP contribution in [-0.2, 0) is 23.9 Å². The average Bonchev–Trinajstić information content (AvgIpc) is 3.24. The van der Waals surface area contributed by atoms with Crippen LogP contribution in [-0.4, -0.2) is 32.4 Å². The standard InChI is InChI=1S/C27H29F4N3O3/c28-11-14-34-16-22(25(35)33-12-9-17-1-5-19(6-2-17)26(36)37)23-20(10-13-32-24(23)34)15-18-3-7-21(8-4-18)27(29,30)31/h3-4,7-10,12-13,16-17,19,25,33,35H,1-2,5-6,11,14-15H2,(H,36,37)/b12-9+. The molecule has 1 unspecified atom stereocenters. The number of alkyl halides is 4. The van der Waals surface area contributed by atoms with Crippen molar-refractivity contribution in [1.82, 2.24) is 14.9 Å². The number of benzene rings is 1. The van der Waals surface area contributed by atoms with Gasteiger partial charge in [-0.05, 0) is 73.5 Å². The minimum Gasteiger partial charge on any atom is -0.481 e. The quantitative estimate of drug-likeness (QED) is 0.253. The van der Waals surface area contributed by atoms with Gasteiger partial charge < -0.3 is 20.1 Å². The normalized spacial score (nSPS) is 19.4. The van der Waals surface area contributed by atoms with Crippen molar-refractivity contribution in [3.05, 3.63) is 77.3 Å². The highest BCUT2D eigenvalue weighted by Gasteiger charge is 2.30. The number of aliphatic hydroxyl groups is 1.